The van der Waals surface area contributed by atoms with Gasteiger partial charge in [-0.15, -0.1) is 0 Å². The number of phenolic OH excluding ortho intramolecular Hbond substituents is 1. The van der Waals surface area contributed by atoms with Crippen LogP contribution in [0.25, 0.3) is 0 Å². The van der Waals surface area contributed by atoms with Gasteiger partial charge in [-0.3, -0.25) is 0 Å². The molecule has 0 aromatic heterocycles. The lowest BCUT2D eigenvalue weighted by molar-refractivity contribution is 0.0389. The van der Waals surface area contributed by atoms with Gasteiger partial charge in [0.2, 0.25) is 0 Å². The second-order valence-electron chi connectivity index (χ2n) is 8.89. The van der Waals surface area contributed by atoms with Crippen molar-refractivity contribution in [1.29, 1.82) is 0 Å². The van der Waals surface area contributed by atoms with Crippen LogP contribution < -0.4 is 4.74 Å². The number of rotatable bonds is 2. The Hall–Kier alpha value is -1.18. The molecule has 2 atom stereocenters. The van der Waals surface area contributed by atoms with Crippen molar-refractivity contribution in [2.24, 2.45) is 11.3 Å². The van der Waals surface area contributed by atoms with Crippen LogP contribution in [0.3, 0.4) is 0 Å². The Morgan fingerprint density at radius 2 is 1.91 bits per heavy atom. The molecule has 1 fully saturated rings. The van der Waals surface area contributed by atoms with E-state index in [1.165, 1.54) is 36.8 Å². The van der Waals surface area contributed by atoms with E-state index in [1.54, 1.807) is 7.11 Å². The maximum Gasteiger partial charge on any atom is 0.164 e. The largest absolute Gasteiger partial charge is 0.504 e. The number of aromatic hydroxyl groups is 1. The standard InChI is InChI=1S/C21H32O2/c1-13(2)15-12-14-8-9-16-20(3,4)10-7-11-21(16,5)17(14)18(22)19(15)23-6/h12-13,16,22H,7-11H2,1-6H3/t16-,21+/m1/s1. The molecule has 0 aliphatic heterocycles. The first-order valence-electron chi connectivity index (χ1n) is 9.15. The van der Waals surface area contributed by atoms with Gasteiger partial charge in [0.05, 0.1) is 7.11 Å². The van der Waals surface area contributed by atoms with E-state index < -0.39 is 0 Å². The summed E-state index contributed by atoms with van der Waals surface area (Å²) in [4.78, 5) is 0. The average Bonchev–Trinajstić information content (AvgIpc) is 2.45. The van der Waals surface area contributed by atoms with Gasteiger partial charge >= 0.3 is 0 Å². The Kier molecular flexibility index (Phi) is 3.93. The van der Waals surface area contributed by atoms with Crippen LogP contribution in [0.15, 0.2) is 6.07 Å². The second kappa shape index (κ2) is 5.43. The number of fused-ring (bicyclic) bond motifs is 3. The van der Waals surface area contributed by atoms with Crippen molar-refractivity contribution in [2.45, 2.75) is 78.1 Å². The van der Waals surface area contributed by atoms with Crippen molar-refractivity contribution < 1.29 is 9.84 Å². The minimum absolute atomic E-state index is 0.0716. The van der Waals surface area contributed by atoms with Crippen LogP contribution in [0.4, 0.5) is 0 Å². The molecule has 2 nitrogen and oxygen atoms in total. The van der Waals surface area contributed by atoms with Crippen LogP contribution in [0.1, 0.15) is 82.9 Å². The Bertz CT molecular complexity index is 615. The molecule has 128 valence electrons. The van der Waals surface area contributed by atoms with Crippen molar-refractivity contribution in [3.8, 4) is 11.5 Å². The highest BCUT2D eigenvalue weighted by Crippen LogP contribution is 2.60. The van der Waals surface area contributed by atoms with Crippen LogP contribution >= 0.6 is 0 Å². The number of aryl methyl sites for hydroxylation is 1. The Morgan fingerprint density at radius 1 is 1.22 bits per heavy atom. The third kappa shape index (κ3) is 2.37. The molecular formula is C21H32O2. The van der Waals surface area contributed by atoms with E-state index in [0.29, 0.717) is 28.7 Å². The van der Waals surface area contributed by atoms with Gasteiger partial charge in [0.1, 0.15) is 0 Å². The number of methoxy groups -OCH3 is 1. The molecule has 1 saturated carbocycles. The van der Waals surface area contributed by atoms with E-state index in [2.05, 4.69) is 40.7 Å². The first kappa shape index (κ1) is 16.7. The Morgan fingerprint density at radius 3 is 2.52 bits per heavy atom. The third-order valence-electron chi connectivity index (χ3n) is 6.69. The molecule has 2 heteroatoms. The van der Waals surface area contributed by atoms with Gasteiger partial charge in [0, 0.05) is 11.1 Å². The average molecular weight is 316 g/mol. The summed E-state index contributed by atoms with van der Waals surface area (Å²) in [6.45, 7) is 11.5. The lowest BCUT2D eigenvalue weighted by Crippen LogP contribution is -2.48. The van der Waals surface area contributed by atoms with Crippen molar-refractivity contribution in [3.63, 3.8) is 0 Å². The van der Waals surface area contributed by atoms with E-state index in [9.17, 15) is 5.11 Å². The van der Waals surface area contributed by atoms with Gasteiger partial charge in [-0.25, -0.2) is 0 Å². The zero-order chi connectivity index (χ0) is 17.0. The van der Waals surface area contributed by atoms with E-state index in [4.69, 9.17) is 4.74 Å². The highest BCUT2D eigenvalue weighted by molar-refractivity contribution is 5.59. The van der Waals surface area contributed by atoms with E-state index >= 15 is 0 Å². The molecule has 1 aromatic carbocycles. The zero-order valence-electron chi connectivity index (χ0n) is 15.6. The molecule has 2 aliphatic carbocycles. The number of benzene rings is 1. The molecule has 0 radical (unpaired) electrons. The van der Waals surface area contributed by atoms with Gasteiger partial charge in [-0.1, -0.05) is 47.1 Å². The highest BCUT2D eigenvalue weighted by Gasteiger charge is 2.51. The van der Waals surface area contributed by atoms with Crippen LogP contribution in [0.2, 0.25) is 0 Å². The smallest absolute Gasteiger partial charge is 0.164 e. The Labute approximate surface area is 141 Å². The Balaban J connectivity index is 2.22. The SMILES string of the molecule is COc1c(C(C)C)cc2c(c1O)[C@@]1(C)CCCC(C)(C)[C@H]1CC2. The fraction of sp³-hybridized carbons (Fsp3) is 0.714. The molecule has 1 N–H and O–H groups in total. The van der Waals surface area contributed by atoms with Crippen LogP contribution in [0.5, 0.6) is 11.5 Å². The maximum atomic E-state index is 11.1. The predicted molar refractivity (Wildman–Crippen MR) is 95.5 cm³/mol. The van der Waals surface area contributed by atoms with Crippen molar-refractivity contribution >= 4 is 0 Å². The lowest BCUT2D eigenvalue weighted by Gasteiger charge is -2.54. The quantitative estimate of drug-likeness (QED) is 0.774. The van der Waals surface area contributed by atoms with Crippen LogP contribution in [-0.2, 0) is 11.8 Å². The minimum atomic E-state index is 0.0716. The monoisotopic (exact) mass is 316 g/mol. The molecule has 0 unspecified atom stereocenters. The molecule has 3 rings (SSSR count). The van der Waals surface area contributed by atoms with E-state index in [0.717, 1.165) is 12.0 Å². The molecule has 0 saturated heterocycles. The number of hydrogen-bond acceptors (Lipinski definition) is 2. The molecule has 2 aliphatic rings. The first-order valence-corrected chi connectivity index (χ1v) is 9.15. The fourth-order valence-corrected chi connectivity index (χ4v) is 5.64. The number of ether oxygens (including phenoxy) is 1. The highest BCUT2D eigenvalue weighted by atomic mass is 16.5. The minimum Gasteiger partial charge on any atom is -0.504 e. The van der Waals surface area contributed by atoms with Gasteiger partial charge in [0.25, 0.3) is 0 Å². The lowest BCUT2D eigenvalue weighted by atomic mass is 9.50. The summed E-state index contributed by atoms with van der Waals surface area (Å²) in [6, 6.07) is 2.31. The first-order chi connectivity index (χ1) is 10.7. The molecule has 1 aromatic rings. The van der Waals surface area contributed by atoms with E-state index in [-0.39, 0.29) is 5.41 Å². The van der Waals surface area contributed by atoms with Gasteiger partial charge in [-0.05, 0) is 53.9 Å². The molecule has 23 heavy (non-hydrogen) atoms. The summed E-state index contributed by atoms with van der Waals surface area (Å²) >= 11 is 0. The summed E-state index contributed by atoms with van der Waals surface area (Å²) in [7, 11) is 1.68. The predicted octanol–water partition coefficient (Wildman–Crippen LogP) is 5.55. The number of hydrogen-bond donors (Lipinski definition) is 1. The van der Waals surface area contributed by atoms with E-state index in [1.807, 2.05) is 0 Å². The van der Waals surface area contributed by atoms with Gasteiger partial charge < -0.3 is 9.84 Å². The normalized spacial score (nSPS) is 29.1. The molecule has 0 amide bonds. The third-order valence-corrected chi connectivity index (χ3v) is 6.69. The van der Waals surface area contributed by atoms with Crippen molar-refractivity contribution in [3.05, 3.63) is 22.8 Å². The van der Waals surface area contributed by atoms with Gasteiger partial charge in [-0.2, -0.15) is 0 Å². The molecule has 0 heterocycles. The summed E-state index contributed by atoms with van der Waals surface area (Å²) in [5.41, 5.74) is 4.09. The topological polar surface area (TPSA) is 29.5 Å². The second-order valence-corrected chi connectivity index (χ2v) is 8.89. The maximum absolute atomic E-state index is 11.1. The zero-order valence-corrected chi connectivity index (χ0v) is 15.6. The van der Waals surface area contributed by atoms with Crippen molar-refractivity contribution in [1.82, 2.24) is 0 Å². The molecule has 0 bridgehead atoms. The summed E-state index contributed by atoms with van der Waals surface area (Å²) < 4.78 is 5.63. The fourth-order valence-electron chi connectivity index (χ4n) is 5.64. The van der Waals surface area contributed by atoms with Gasteiger partial charge in [0.15, 0.2) is 11.5 Å². The molecule has 0 spiro atoms. The summed E-state index contributed by atoms with van der Waals surface area (Å²) in [6.07, 6.45) is 6.03. The summed E-state index contributed by atoms with van der Waals surface area (Å²) in [5.74, 6) is 2.11. The van der Waals surface area contributed by atoms with Crippen LogP contribution in [0, 0.1) is 11.3 Å². The molecular weight excluding hydrogens is 284 g/mol. The van der Waals surface area contributed by atoms with Crippen molar-refractivity contribution in [2.75, 3.05) is 7.11 Å². The summed E-state index contributed by atoms with van der Waals surface area (Å²) in [5, 5.41) is 11.1. The number of phenols is 1. The van der Waals surface area contributed by atoms with Crippen LogP contribution in [-0.4, -0.2) is 12.2 Å².